The molecular weight excluding hydrogens is 364 g/mol. The van der Waals surface area contributed by atoms with E-state index in [2.05, 4.69) is 20.8 Å². The van der Waals surface area contributed by atoms with E-state index in [0.29, 0.717) is 36.4 Å². The van der Waals surface area contributed by atoms with Gasteiger partial charge < -0.3 is 4.74 Å². The molecule has 3 saturated carbocycles. The topological polar surface area (TPSA) is 60.4 Å². The molecule has 4 aliphatic rings. The number of Topliss-reactive ketones (excluding diaryl/α,β-unsaturated/α-hetero) is 1. The van der Waals surface area contributed by atoms with Crippen LogP contribution < -0.4 is 0 Å². The Kier molecular flexibility index (Phi) is 4.87. The zero-order valence-electron chi connectivity index (χ0n) is 18.7. The van der Waals surface area contributed by atoms with Crippen molar-refractivity contribution >= 4 is 17.5 Å². The lowest BCUT2D eigenvalue weighted by Gasteiger charge is -2.59. The summed E-state index contributed by atoms with van der Waals surface area (Å²) < 4.78 is 5.98. The summed E-state index contributed by atoms with van der Waals surface area (Å²) in [5, 5.41) is 0. The van der Waals surface area contributed by atoms with Crippen molar-refractivity contribution in [2.45, 2.75) is 91.6 Å². The molecule has 7 atom stereocenters. The van der Waals surface area contributed by atoms with Gasteiger partial charge in [-0.1, -0.05) is 33.3 Å². The van der Waals surface area contributed by atoms with Gasteiger partial charge in [0.2, 0.25) is 0 Å². The second-order valence-electron chi connectivity index (χ2n) is 10.7. The van der Waals surface area contributed by atoms with Crippen LogP contribution in [-0.2, 0) is 19.1 Å². The van der Waals surface area contributed by atoms with Crippen molar-refractivity contribution in [3.63, 3.8) is 0 Å². The zero-order valence-corrected chi connectivity index (χ0v) is 18.7. The highest BCUT2D eigenvalue weighted by Crippen LogP contribution is 2.68. The molecule has 0 aromatic heterocycles. The smallest absolute Gasteiger partial charge is 0.306 e. The van der Waals surface area contributed by atoms with Gasteiger partial charge in [-0.15, -0.1) is 0 Å². The fourth-order valence-electron chi connectivity index (χ4n) is 7.98. The largest absolute Gasteiger partial charge is 0.450 e. The van der Waals surface area contributed by atoms with Crippen LogP contribution >= 0.6 is 0 Å². The first kappa shape index (κ1) is 20.8. The van der Waals surface area contributed by atoms with Gasteiger partial charge in [0.15, 0.2) is 17.2 Å². The Morgan fingerprint density at radius 1 is 1.14 bits per heavy atom. The van der Waals surface area contributed by atoms with E-state index in [0.717, 1.165) is 38.5 Å². The summed E-state index contributed by atoms with van der Waals surface area (Å²) in [6.45, 7) is 10.1. The van der Waals surface area contributed by atoms with E-state index in [1.807, 2.05) is 6.08 Å². The van der Waals surface area contributed by atoms with E-state index in [9.17, 15) is 14.4 Å². The van der Waals surface area contributed by atoms with Crippen LogP contribution in [0.3, 0.4) is 0 Å². The number of carbonyl (C=O) groups is 3. The molecule has 160 valence electrons. The molecule has 3 fully saturated rings. The van der Waals surface area contributed by atoms with Gasteiger partial charge in [0.1, 0.15) is 0 Å². The van der Waals surface area contributed by atoms with Crippen molar-refractivity contribution in [1.29, 1.82) is 0 Å². The minimum atomic E-state index is -0.956. The van der Waals surface area contributed by atoms with E-state index >= 15 is 0 Å². The van der Waals surface area contributed by atoms with Crippen molar-refractivity contribution in [3.05, 3.63) is 11.6 Å². The van der Waals surface area contributed by atoms with Crippen molar-refractivity contribution in [1.82, 2.24) is 0 Å². The Bertz CT molecular complexity index is 782. The Hall–Kier alpha value is -1.45. The number of rotatable bonds is 3. The number of esters is 1. The molecule has 29 heavy (non-hydrogen) atoms. The van der Waals surface area contributed by atoms with Crippen LogP contribution in [0.5, 0.6) is 0 Å². The molecule has 0 aromatic rings. The standard InChI is InChI=1S/C25H36O4/c1-6-22(28)29-25(16(3)26)12-10-20-18-8-7-17-13-21(27)15(2)14-23(17,4)19(18)9-11-24(20,25)5/h13,15,18-20H,6-12,14H2,1-5H3/t15?,18-,19+,20+,23+,24+,25+/m1/s1. The number of fused-ring (bicyclic) bond motifs is 5. The minimum absolute atomic E-state index is 0.0160. The molecule has 0 saturated heterocycles. The fraction of sp³-hybridized carbons (Fsp3) is 0.800. The highest BCUT2D eigenvalue weighted by atomic mass is 16.6. The highest BCUT2D eigenvalue weighted by molar-refractivity contribution is 5.93. The summed E-state index contributed by atoms with van der Waals surface area (Å²) in [6, 6.07) is 0. The monoisotopic (exact) mass is 400 g/mol. The molecule has 0 bridgehead atoms. The number of hydrogen-bond donors (Lipinski definition) is 0. The van der Waals surface area contributed by atoms with Gasteiger partial charge in [-0.2, -0.15) is 0 Å². The summed E-state index contributed by atoms with van der Waals surface area (Å²) >= 11 is 0. The maximum Gasteiger partial charge on any atom is 0.306 e. The van der Waals surface area contributed by atoms with Crippen LogP contribution in [0.1, 0.15) is 86.0 Å². The molecule has 0 heterocycles. The van der Waals surface area contributed by atoms with Crippen molar-refractivity contribution in [2.75, 3.05) is 0 Å². The molecule has 4 aliphatic carbocycles. The number of hydrogen-bond acceptors (Lipinski definition) is 4. The van der Waals surface area contributed by atoms with Gasteiger partial charge in [0.05, 0.1) is 0 Å². The predicted molar refractivity (Wildman–Crippen MR) is 111 cm³/mol. The molecule has 1 unspecified atom stereocenters. The second kappa shape index (κ2) is 6.78. The van der Waals surface area contributed by atoms with E-state index < -0.39 is 5.60 Å². The third-order valence-corrected chi connectivity index (χ3v) is 9.53. The van der Waals surface area contributed by atoms with Crippen LogP contribution in [0.4, 0.5) is 0 Å². The van der Waals surface area contributed by atoms with Gasteiger partial charge >= 0.3 is 5.97 Å². The van der Waals surface area contributed by atoms with Crippen molar-refractivity contribution in [2.24, 2.45) is 34.5 Å². The Balaban J connectivity index is 1.69. The van der Waals surface area contributed by atoms with Crippen LogP contribution in [0, 0.1) is 34.5 Å². The zero-order chi connectivity index (χ0) is 21.2. The van der Waals surface area contributed by atoms with Gasteiger partial charge in [0.25, 0.3) is 0 Å². The molecule has 4 nitrogen and oxygen atoms in total. The first-order valence-electron chi connectivity index (χ1n) is 11.6. The molecule has 0 amide bonds. The number of allylic oxidation sites excluding steroid dienone is 1. The maximum absolute atomic E-state index is 12.9. The van der Waals surface area contributed by atoms with Crippen LogP contribution in [0.25, 0.3) is 0 Å². The van der Waals surface area contributed by atoms with Crippen molar-refractivity contribution < 1.29 is 19.1 Å². The van der Waals surface area contributed by atoms with Crippen LogP contribution in [0.2, 0.25) is 0 Å². The summed E-state index contributed by atoms with van der Waals surface area (Å²) in [5.74, 6) is 1.65. The average Bonchev–Trinajstić information content (AvgIpc) is 2.96. The Labute approximate surface area is 174 Å². The van der Waals surface area contributed by atoms with E-state index in [-0.39, 0.29) is 28.5 Å². The van der Waals surface area contributed by atoms with E-state index in [4.69, 9.17) is 4.74 Å². The summed E-state index contributed by atoms with van der Waals surface area (Å²) in [5.41, 5.74) is 0.221. The summed E-state index contributed by atoms with van der Waals surface area (Å²) in [7, 11) is 0. The van der Waals surface area contributed by atoms with E-state index in [1.165, 1.54) is 5.57 Å². The van der Waals surface area contributed by atoms with Crippen molar-refractivity contribution in [3.8, 4) is 0 Å². The highest BCUT2D eigenvalue weighted by Gasteiger charge is 2.67. The predicted octanol–water partition coefficient (Wildman–Crippen LogP) is 5.05. The minimum Gasteiger partial charge on any atom is -0.450 e. The van der Waals surface area contributed by atoms with Gasteiger partial charge in [0, 0.05) is 17.8 Å². The van der Waals surface area contributed by atoms with E-state index in [1.54, 1.807) is 13.8 Å². The quantitative estimate of drug-likeness (QED) is 0.622. The third kappa shape index (κ3) is 2.73. The lowest BCUT2D eigenvalue weighted by atomic mass is 9.45. The van der Waals surface area contributed by atoms with Gasteiger partial charge in [-0.3, -0.25) is 14.4 Å². The fourth-order valence-corrected chi connectivity index (χ4v) is 7.98. The summed E-state index contributed by atoms with van der Waals surface area (Å²) in [4.78, 5) is 37.5. The molecule has 4 rings (SSSR count). The number of ether oxygens (including phenoxy) is 1. The first-order valence-corrected chi connectivity index (χ1v) is 11.6. The Morgan fingerprint density at radius 3 is 2.48 bits per heavy atom. The molecule has 4 heteroatoms. The number of ketones is 2. The van der Waals surface area contributed by atoms with Gasteiger partial charge in [-0.25, -0.2) is 0 Å². The SMILES string of the molecule is CCC(=O)O[C@]1(C(C)=O)CC[C@H]2[C@@H]3CCC4=CC(=O)C(C)C[C@]4(C)[C@H]3CC[C@@]21C. The van der Waals surface area contributed by atoms with Gasteiger partial charge in [-0.05, 0) is 81.1 Å². The number of carbonyl (C=O) groups excluding carboxylic acids is 3. The molecule has 0 aliphatic heterocycles. The normalized spacial score (nSPS) is 46.2. The molecular formula is C25H36O4. The average molecular weight is 401 g/mol. The second-order valence-corrected chi connectivity index (χ2v) is 10.7. The maximum atomic E-state index is 12.9. The third-order valence-electron chi connectivity index (χ3n) is 9.53. The van der Waals surface area contributed by atoms with Crippen LogP contribution in [0.15, 0.2) is 11.6 Å². The molecule has 0 N–H and O–H groups in total. The first-order chi connectivity index (χ1) is 13.6. The summed E-state index contributed by atoms with van der Waals surface area (Å²) in [6.07, 6.45) is 8.87. The Morgan fingerprint density at radius 2 is 1.83 bits per heavy atom. The molecule has 0 radical (unpaired) electrons. The molecule has 0 aromatic carbocycles. The molecule has 0 spiro atoms. The van der Waals surface area contributed by atoms with Crippen LogP contribution in [-0.4, -0.2) is 23.1 Å². The lowest BCUT2D eigenvalue weighted by Crippen LogP contribution is -2.58. The lowest BCUT2D eigenvalue weighted by molar-refractivity contribution is -0.188.